The van der Waals surface area contributed by atoms with Crippen molar-refractivity contribution in [1.82, 2.24) is 10.3 Å². The first kappa shape index (κ1) is 13.8. The van der Waals surface area contributed by atoms with Crippen LogP contribution in [0.1, 0.15) is 21.6 Å². The monoisotopic (exact) mass is 282 g/mol. The average Bonchev–Trinajstić information content (AvgIpc) is 2.44. The van der Waals surface area contributed by atoms with Gasteiger partial charge in [0.15, 0.2) is 5.78 Å². The molecule has 4 nitrogen and oxygen atoms in total. The zero-order chi connectivity index (χ0) is 14.7. The highest BCUT2D eigenvalue weighted by atomic mass is 16.5. The van der Waals surface area contributed by atoms with E-state index in [0.717, 1.165) is 30.1 Å². The number of ether oxygens (including phenoxy) is 1. The number of aryl methyl sites for hydroxylation is 1. The number of hydrogen-bond donors (Lipinski definition) is 1. The van der Waals surface area contributed by atoms with E-state index in [1.807, 2.05) is 37.3 Å². The van der Waals surface area contributed by atoms with Crippen LogP contribution in [0.3, 0.4) is 0 Å². The van der Waals surface area contributed by atoms with Crippen LogP contribution in [-0.4, -0.2) is 30.0 Å². The second-order valence-corrected chi connectivity index (χ2v) is 5.33. The zero-order valence-corrected chi connectivity index (χ0v) is 12.0. The van der Waals surface area contributed by atoms with Gasteiger partial charge < -0.3 is 10.1 Å². The van der Waals surface area contributed by atoms with Crippen molar-refractivity contribution in [2.45, 2.75) is 19.4 Å². The molecule has 0 radical (unpaired) electrons. The molecule has 1 aromatic carbocycles. The maximum Gasteiger partial charge on any atom is 0.167 e. The fourth-order valence-corrected chi connectivity index (χ4v) is 2.23. The molecule has 21 heavy (non-hydrogen) atoms. The summed E-state index contributed by atoms with van der Waals surface area (Å²) in [7, 11) is 0. The Bertz CT molecular complexity index is 633. The molecule has 1 aromatic heterocycles. The minimum Gasteiger partial charge on any atom is -0.488 e. The van der Waals surface area contributed by atoms with Crippen molar-refractivity contribution in [3.8, 4) is 5.75 Å². The highest BCUT2D eigenvalue weighted by Gasteiger charge is 2.18. The van der Waals surface area contributed by atoms with E-state index in [2.05, 4.69) is 10.3 Å². The summed E-state index contributed by atoms with van der Waals surface area (Å²) in [5.41, 5.74) is 2.57. The molecule has 4 heteroatoms. The van der Waals surface area contributed by atoms with Gasteiger partial charge in [-0.05, 0) is 36.8 Å². The summed E-state index contributed by atoms with van der Waals surface area (Å²) >= 11 is 0. The van der Waals surface area contributed by atoms with Gasteiger partial charge in [-0.3, -0.25) is 9.78 Å². The van der Waals surface area contributed by atoms with E-state index in [-0.39, 0.29) is 11.9 Å². The topological polar surface area (TPSA) is 51.2 Å². The summed E-state index contributed by atoms with van der Waals surface area (Å²) in [6, 6.07) is 11.3. The number of Topliss-reactive ketones (excluding diaryl/α,β-unsaturated/α-hetero) is 1. The van der Waals surface area contributed by atoms with Crippen molar-refractivity contribution < 1.29 is 9.53 Å². The highest BCUT2D eigenvalue weighted by Crippen LogP contribution is 2.16. The van der Waals surface area contributed by atoms with E-state index >= 15 is 0 Å². The van der Waals surface area contributed by atoms with Crippen LogP contribution in [0, 0.1) is 6.92 Å². The van der Waals surface area contributed by atoms with Crippen molar-refractivity contribution in [3.05, 3.63) is 59.4 Å². The number of carbonyl (C=O) groups excluding carboxylic acids is 1. The highest BCUT2D eigenvalue weighted by molar-refractivity contribution is 5.97. The molecule has 108 valence electrons. The van der Waals surface area contributed by atoms with E-state index in [0.29, 0.717) is 12.0 Å². The molecule has 0 amide bonds. The lowest BCUT2D eigenvalue weighted by atomic mass is 10.0. The van der Waals surface area contributed by atoms with Crippen LogP contribution in [0.25, 0.3) is 0 Å². The van der Waals surface area contributed by atoms with E-state index in [1.54, 1.807) is 12.3 Å². The zero-order valence-electron chi connectivity index (χ0n) is 12.0. The number of rotatable bonds is 5. The van der Waals surface area contributed by atoms with Gasteiger partial charge >= 0.3 is 0 Å². The predicted octanol–water partition coefficient (Wildman–Crippen LogP) is 2.17. The van der Waals surface area contributed by atoms with Crippen LogP contribution in [0.4, 0.5) is 0 Å². The molecular weight excluding hydrogens is 264 g/mol. The van der Waals surface area contributed by atoms with Crippen molar-refractivity contribution >= 4 is 5.78 Å². The predicted molar refractivity (Wildman–Crippen MR) is 80.7 cm³/mol. The molecule has 0 atom stereocenters. The molecule has 2 heterocycles. The summed E-state index contributed by atoms with van der Waals surface area (Å²) in [6.45, 7) is 3.70. The van der Waals surface area contributed by atoms with Gasteiger partial charge in [0, 0.05) is 37.0 Å². The Morgan fingerprint density at radius 2 is 2.05 bits per heavy atom. The fourth-order valence-electron chi connectivity index (χ4n) is 2.23. The van der Waals surface area contributed by atoms with Gasteiger partial charge in [-0.2, -0.15) is 0 Å². The minimum atomic E-state index is 0.109. The molecule has 1 aliphatic rings. The van der Waals surface area contributed by atoms with E-state index in [4.69, 9.17) is 4.74 Å². The van der Waals surface area contributed by atoms with Gasteiger partial charge in [0.25, 0.3) is 0 Å². The largest absolute Gasteiger partial charge is 0.488 e. The maximum absolute atomic E-state index is 12.2. The van der Waals surface area contributed by atoms with Gasteiger partial charge in [0.2, 0.25) is 0 Å². The van der Waals surface area contributed by atoms with E-state index < -0.39 is 0 Å². The summed E-state index contributed by atoms with van der Waals surface area (Å²) in [5.74, 6) is 0.967. The fraction of sp³-hybridized carbons (Fsp3) is 0.294. The van der Waals surface area contributed by atoms with E-state index in [9.17, 15) is 4.79 Å². The van der Waals surface area contributed by atoms with Crippen molar-refractivity contribution in [2.75, 3.05) is 13.1 Å². The SMILES string of the molecule is Cc1cc(C(=O)Cc2ccc(OC3CNC3)cc2)ccn1. The molecule has 1 aliphatic heterocycles. The molecule has 0 saturated carbocycles. The Morgan fingerprint density at radius 1 is 1.29 bits per heavy atom. The third-order valence-corrected chi connectivity index (χ3v) is 3.55. The lowest BCUT2D eigenvalue weighted by Crippen LogP contribution is -2.50. The Balaban J connectivity index is 1.63. The standard InChI is InChI=1S/C17H18N2O2/c1-12-8-14(6-7-19-12)17(20)9-13-2-4-15(5-3-13)21-16-10-18-11-16/h2-8,16,18H,9-11H2,1H3. The number of carbonyl (C=O) groups is 1. The number of nitrogens with one attached hydrogen (secondary N) is 1. The summed E-state index contributed by atoms with van der Waals surface area (Å²) in [6.07, 6.45) is 2.35. The maximum atomic E-state index is 12.2. The van der Waals surface area contributed by atoms with Gasteiger partial charge in [-0.1, -0.05) is 12.1 Å². The minimum absolute atomic E-state index is 0.109. The molecule has 0 unspecified atom stereocenters. The lowest BCUT2D eigenvalue weighted by Gasteiger charge is -2.27. The van der Waals surface area contributed by atoms with Crippen molar-refractivity contribution in [1.29, 1.82) is 0 Å². The third-order valence-electron chi connectivity index (χ3n) is 3.55. The van der Waals surface area contributed by atoms with Crippen LogP contribution in [0.15, 0.2) is 42.6 Å². The quantitative estimate of drug-likeness (QED) is 0.854. The number of nitrogens with zero attached hydrogens (tertiary/aromatic N) is 1. The van der Waals surface area contributed by atoms with Crippen LogP contribution in [0.5, 0.6) is 5.75 Å². The van der Waals surface area contributed by atoms with Crippen molar-refractivity contribution in [2.24, 2.45) is 0 Å². The summed E-state index contributed by atoms with van der Waals surface area (Å²) in [4.78, 5) is 16.3. The van der Waals surface area contributed by atoms with Gasteiger partial charge in [-0.15, -0.1) is 0 Å². The molecule has 0 spiro atoms. The van der Waals surface area contributed by atoms with Crippen molar-refractivity contribution in [3.63, 3.8) is 0 Å². The molecule has 1 saturated heterocycles. The number of pyridine rings is 1. The Hall–Kier alpha value is -2.20. The first-order valence-electron chi connectivity index (χ1n) is 7.13. The normalized spacial score (nSPS) is 14.5. The molecule has 2 aromatic rings. The van der Waals surface area contributed by atoms with Gasteiger partial charge in [-0.25, -0.2) is 0 Å². The van der Waals surface area contributed by atoms with Crippen LogP contribution in [0.2, 0.25) is 0 Å². The molecule has 1 N–H and O–H groups in total. The Labute approximate surface area is 124 Å². The summed E-state index contributed by atoms with van der Waals surface area (Å²) in [5, 5.41) is 3.17. The first-order valence-corrected chi connectivity index (χ1v) is 7.13. The molecule has 3 rings (SSSR count). The molecule has 1 fully saturated rings. The molecular formula is C17H18N2O2. The number of aromatic nitrogens is 1. The smallest absolute Gasteiger partial charge is 0.167 e. The number of hydrogen-bond acceptors (Lipinski definition) is 4. The Morgan fingerprint density at radius 3 is 2.67 bits per heavy atom. The first-order chi connectivity index (χ1) is 10.2. The number of ketones is 1. The van der Waals surface area contributed by atoms with Crippen LogP contribution < -0.4 is 10.1 Å². The van der Waals surface area contributed by atoms with Gasteiger partial charge in [0.1, 0.15) is 11.9 Å². The van der Waals surface area contributed by atoms with Crippen LogP contribution in [-0.2, 0) is 6.42 Å². The van der Waals surface area contributed by atoms with Crippen LogP contribution >= 0.6 is 0 Å². The lowest BCUT2D eigenvalue weighted by molar-refractivity contribution is 0.0992. The number of benzene rings is 1. The molecule has 0 aliphatic carbocycles. The van der Waals surface area contributed by atoms with Gasteiger partial charge in [0.05, 0.1) is 0 Å². The molecule has 0 bridgehead atoms. The van der Waals surface area contributed by atoms with E-state index in [1.165, 1.54) is 0 Å². The second kappa shape index (κ2) is 6.06. The average molecular weight is 282 g/mol. The Kier molecular flexibility index (Phi) is 3.97. The summed E-state index contributed by atoms with van der Waals surface area (Å²) < 4.78 is 5.75. The second-order valence-electron chi connectivity index (χ2n) is 5.33. The third kappa shape index (κ3) is 3.47.